The van der Waals surface area contributed by atoms with Crippen molar-refractivity contribution in [2.75, 3.05) is 0 Å². The molecule has 304 valence electrons. The highest BCUT2D eigenvalue weighted by Gasteiger charge is 2.21. The number of benzene rings is 10. The number of aromatic nitrogens is 3. The zero-order chi connectivity index (χ0) is 43.1. The Labute approximate surface area is 376 Å². The van der Waals surface area contributed by atoms with Gasteiger partial charge < -0.3 is 4.42 Å². The average Bonchev–Trinajstić information content (AvgIpc) is 3.79. The Morgan fingerprint density at radius 2 is 0.600 bits per heavy atom. The zero-order valence-electron chi connectivity index (χ0n) is 35.3. The van der Waals surface area contributed by atoms with Crippen molar-refractivity contribution in [1.29, 1.82) is 0 Å². The largest absolute Gasteiger partial charge is 0.455 e. The molecule has 0 aliphatic heterocycles. The number of hydrogen-bond donors (Lipinski definition) is 0. The fourth-order valence-corrected chi connectivity index (χ4v) is 9.15. The summed E-state index contributed by atoms with van der Waals surface area (Å²) < 4.78 is 6.77. The lowest BCUT2D eigenvalue weighted by Gasteiger charge is -2.13. The fraction of sp³-hybridized carbons (Fsp3) is 0. The third kappa shape index (κ3) is 7.04. The SMILES string of the molecule is c1ccc(-c2ccc(-c3ccc(-c4nc(-c5cccc6c(-c7ccccc7)cccc56)nc(-c5cccc6oc7c(-c8ccc(-c9ccccc9)cc8)cccc7c56)n4)cc3)cc2)cc1. The van der Waals surface area contributed by atoms with E-state index < -0.39 is 0 Å². The van der Waals surface area contributed by atoms with E-state index in [9.17, 15) is 0 Å². The van der Waals surface area contributed by atoms with Crippen molar-refractivity contribution in [2.24, 2.45) is 0 Å². The Bertz CT molecular complexity index is 3660. The van der Waals surface area contributed by atoms with Gasteiger partial charge in [0.05, 0.1) is 0 Å². The number of rotatable bonds is 8. The Hall–Kier alpha value is -8.73. The first kappa shape index (κ1) is 38.0. The number of para-hydroxylation sites is 1. The third-order valence-electron chi connectivity index (χ3n) is 12.4. The Morgan fingerprint density at radius 1 is 0.231 bits per heavy atom. The van der Waals surface area contributed by atoms with Crippen LogP contribution in [-0.4, -0.2) is 15.0 Å². The smallest absolute Gasteiger partial charge is 0.164 e. The summed E-state index contributed by atoms with van der Waals surface area (Å²) in [6, 6.07) is 82.8. The van der Waals surface area contributed by atoms with Crippen molar-refractivity contribution in [1.82, 2.24) is 15.0 Å². The van der Waals surface area contributed by atoms with Gasteiger partial charge in [0.15, 0.2) is 17.5 Å². The lowest BCUT2D eigenvalue weighted by atomic mass is 9.95. The van der Waals surface area contributed by atoms with E-state index in [2.05, 4.69) is 212 Å². The molecule has 0 bridgehead atoms. The first-order valence-corrected chi connectivity index (χ1v) is 21.9. The standard InChI is InChI=1S/C61H39N3O/c1-4-14-40(15-5-1)42-28-30-44(31-29-42)45-34-38-48(39-35-45)59-62-60(53-24-12-22-51-49(20-10-23-52(51)53)46-18-8-3-9-19-46)64-61(63-59)55-26-13-27-56-57(55)54-25-11-21-50(58(54)65-56)47-36-32-43(33-37-47)41-16-6-2-7-17-41/h1-39H. The van der Waals surface area contributed by atoms with E-state index in [0.717, 1.165) is 82.8 Å². The maximum atomic E-state index is 6.77. The minimum atomic E-state index is 0.577. The van der Waals surface area contributed by atoms with Crippen LogP contribution < -0.4 is 0 Å². The molecule has 0 aliphatic rings. The number of hydrogen-bond acceptors (Lipinski definition) is 4. The van der Waals surface area contributed by atoms with Gasteiger partial charge in [-0.25, -0.2) is 15.0 Å². The molecule has 0 amide bonds. The molecule has 0 fully saturated rings. The van der Waals surface area contributed by atoms with Crippen molar-refractivity contribution in [3.05, 3.63) is 237 Å². The predicted octanol–water partition coefficient (Wildman–Crippen LogP) is 16.3. The number of nitrogens with zero attached hydrogens (tertiary/aromatic N) is 3. The minimum Gasteiger partial charge on any atom is -0.455 e. The second kappa shape index (κ2) is 16.2. The molecule has 0 saturated carbocycles. The van der Waals surface area contributed by atoms with Crippen molar-refractivity contribution in [3.63, 3.8) is 0 Å². The summed E-state index contributed by atoms with van der Waals surface area (Å²) >= 11 is 0. The molecule has 2 aromatic heterocycles. The van der Waals surface area contributed by atoms with Crippen LogP contribution in [0.3, 0.4) is 0 Å². The molecule has 4 nitrogen and oxygen atoms in total. The molecular weight excluding hydrogens is 791 g/mol. The topological polar surface area (TPSA) is 51.8 Å². The zero-order valence-corrected chi connectivity index (χ0v) is 35.3. The van der Waals surface area contributed by atoms with Crippen molar-refractivity contribution in [2.45, 2.75) is 0 Å². The lowest BCUT2D eigenvalue weighted by molar-refractivity contribution is 0.670. The van der Waals surface area contributed by atoms with Crippen LogP contribution >= 0.6 is 0 Å². The summed E-state index contributed by atoms with van der Waals surface area (Å²) in [6.07, 6.45) is 0. The Morgan fingerprint density at radius 3 is 1.17 bits per heavy atom. The van der Waals surface area contributed by atoms with Gasteiger partial charge in [0.2, 0.25) is 0 Å². The molecule has 0 N–H and O–H groups in total. The highest BCUT2D eigenvalue weighted by atomic mass is 16.3. The summed E-state index contributed by atoms with van der Waals surface area (Å²) in [4.78, 5) is 15.9. The summed E-state index contributed by atoms with van der Waals surface area (Å²) in [5.41, 5.74) is 15.7. The molecule has 65 heavy (non-hydrogen) atoms. The molecule has 4 heteroatoms. The van der Waals surface area contributed by atoms with Gasteiger partial charge in [-0.2, -0.15) is 0 Å². The Kier molecular flexibility index (Phi) is 9.46. The van der Waals surface area contributed by atoms with E-state index in [4.69, 9.17) is 19.4 Å². The second-order valence-corrected chi connectivity index (χ2v) is 16.3. The van der Waals surface area contributed by atoms with Crippen LogP contribution in [0.4, 0.5) is 0 Å². The minimum absolute atomic E-state index is 0.577. The van der Waals surface area contributed by atoms with Crippen LogP contribution in [0.5, 0.6) is 0 Å². The molecule has 0 atom stereocenters. The van der Waals surface area contributed by atoms with Crippen LogP contribution in [0.15, 0.2) is 241 Å². The molecular formula is C61H39N3O. The van der Waals surface area contributed by atoms with Crippen LogP contribution in [0.25, 0.3) is 123 Å². The first-order valence-electron chi connectivity index (χ1n) is 21.9. The molecule has 0 saturated heterocycles. The second-order valence-electron chi connectivity index (χ2n) is 16.3. The van der Waals surface area contributed by atoms with Gasteiger partial charge in [0, 0.05) is 33.0 Å². The van der Waals surface area contributed by atoms with E-state index in [-0.39, 0.29) is 0 Å². The number of furan rings is 1. The molecule has 12 aromatic rings. The highest BCUT2D eigenvalue weighted by molar-refractivity contribution is 6.15. The van der Waals surface area contributed by atoms with Gasteiger partial charge in [0.25, 0.3) is 0 Å². The lowest BCUT2D eigenvalue weighted by Crippen LogP contribution is -2.01. The van der Waals surface area contributed by atoms with Crippen molar-refractivity contribution < 1.29 is 4.42 Å². The summed E-state index contributed by atoms with van der Waals surface area (Å²) in [6.45, 7) is 0. The average molecular weight is 830 g/mol. The van der Waals surface area contributed by atoms with Crippen LogP contribution in [-0.2, 0) is 0 Å². The Balaban J connectivity index is 0.998. The van der Waals surface area contributed by atoms with Gasteiger partial charge in [-0.05, 0) is 66.9 Å². The van der Waals surface area contributed by atoms with E-state index in [1.165, 1.54) is 22.3 Å². The van der Waals surface area contributed by atoms with Gasteiger partial charge in [0.1, 0.15) is 11.2 Å². The van der Waals surface area contributed by atoms with E-state index in [1.807, 2.05) is 24.3 Å². The van der Waals surface area contributed by atoms with Crippen LogP contribution in [0.1, 0.15) is 0 Å². The predicted molar refractivity (Wildman–Crippen MR) is 268 cm³/mol. The van der Waals surface area contributed by atoms with Crippen LogP contribution in [0, 0.1) is 0 Å². The van der Waals surface area contributed by atoms with E-state index >= 15 is 0 Å². The monoisotopic (exact) mass is 829 g/mol. The van der Waals surface area contributed by atoms with E-state index in [0.29, 0.717) is 17.5 Å². The first-order chi connectivity index (χ1) is 32.2. The van der Waals surface area contributed by atoms with Crippen molar-refractivity contribution >= 4 is 32.7 Å². The molecule has 12 rings (SSSR count). The quantitative estimate of drug-likeness (QED) is 0.153. The van der Waals surface area contributed by atoms with Gasteiger partial charge in [-0.1, -0.05) is 231 Å². The third-order valence-corrected chi connectivity index (χ3v) is 12.4. The normalized spacial score (nSPS) is 11.4. The molecule has 0 spiro atoms. The van der Waals surface area contributed by atoms with Gasteiger partial charge in [-0.3, -0.25) is 0 Å². The van der Waals surface area contributed by atoms with Gasteiger partial charge in [-0.15, -0.1) is 0 Å². The van der Waals surface area contributed by atoms with Crippen molar-refractivity contribution in [3.8, 4) is 89.8 Å². The maximum Gasteiger partial charge on any atom is 0.164 e. The van der Waals surface area contributed by atoms with E-state index in [1.54, 1.807) is 0 Å². The summed E-state index contributed by atoms with van der Waals surface area (Å²) in [7, 11) is 0. The maximum absolute atomic E-state index is 6.77. The molecule has 10 aromatic carbocycles. The summed E-state index contributed by atoms with van der Waals surface area (Å²) in [5.74, 6) is 1.77. The fourth-order valence-electron chi connectivity index (χ4n) is 9.15. The molecule has 2 heterocycles. The molecule has 0 unspecified atom stereocenters. The van der Waals surface area contributed by atoms with Crippen LogP contribution in [0.2, 0.25) is 0 Å². The summed E-state index contributed by atoms with van der Waals surface area (Å²) in [5, 5.41) is 4.17. The molecule has 0 radical (unpaired) electrons. The number of fused-ring (bicyclic) bond motifs is 4. The highest BCUT2D eigenvalue weighted by Crippen LogP contribution is 2.42. The molecule has 0 aliphatic carbocycles. The van der Waals surface area contributed by atoms with Gasteiger partial charge >= 0.3 is 0 Å².